The molecule has 0 saturated carbocycles. The van der Waals surface area contributed by atoms with Gasteiger partial charge < -0.3 is 20.1 Å². The van der Waals surface area contributed by atoms with E-state index in [1.807, 2.05) is 18.8 Å². The van der Waals surface area contributed by atoms with Crippen molar-refractivity contribution in [1.29, 1.82) is 0 Å². The third-order valence-electron chi connectivity index (χ3n) is 5.12. The molecule has 2 heterocycles. The van der Waals surface area contributed by atoms with Crippen LogP contribution in [0.3, 0.4) is 0 Å². The van der Waals surface area contributed by atoms with Crippen LogP contribution in [0.25, 0.3) is 0 Å². The molecule has 0 bridgehead atoms. The highest BCUT2D eigenvalue weighted by Crippen LogP contribution is 2.34. The van der Waals surface area contributed by atoms with Crippen molar-refractivity contribution in [3.63, 3.8) is 0 Å². The van der Waals surface area contributed by atoms with Crippen LogP contribution in [0.2, 0.25) is 0 Å². The number of nitrogens with one attached hydrogen (secondary N) is 2. The quantitative estimate of drug-likeness (QED) is 0.339. The summed E-state index contributed by atoms with van der Waals surface area (Å²) in [5.74, 6) is 3.07. The lowest BCUT2D eigenvalue weighted by atomic mass is 9.99. The Hall–Kier alpha value is -0.670. The molecule has 152 valence electrons. The molecule has 27 heavy (non-hydrogen) atoms. The molecular weight excluding hydrogens is 473 g/mol. The van der Waals surface area contributed by atoms with E-state index in [1.54, 1.807) is 0 Å². The molecule has 2 N–H and O–H groups in total. The van der Waals surface area contributed by atoms with Crippen LogP contribution in [0.5, 0.6) is 5.75 Å². The maximum absolute atomic E-state index is 5.58. The highest BCUT2D eigenvalue weighted by atomic mass is 127. The predicted molar refractivity (Wildman–Crippen MR) is 125 cm³/mol. The zero-order valence-corrected chi connectivity index (χ0v) is 19.5. The molecule has 1 fully saturated rings. The fourth-order valence-corrected chi connectivity index (χ4v) is 4.85. The number of rotatable bonds is 7. The second-order valence-corrected chi connectivity index (χ2v) is 8.60. The van der Waals surface area contributed by atoms with Gasteiger partial charge in [-0.1, -0.05) is 19.1 Å². The molecule has 0 aliphatic carbocycles. The van der Waals surface area contributed by atoms with Crippen LogP contribution in [0.15, 0.2) is 23.2 Å². The third-order valence-corrected chi connectivity index (χ3v) is 6.57. The van der Waals surface area contributed by atoms with Gasteiger partial charge in [0.05, 0.1) is 6.61 Å². The Morgan fingerprint density at radius 1 is 1.22 bits per heavy atom. The molecule has 2 aliphatic heterocycles. The van der Waals surface area contributed by atoms with Gasteiger partial charge in [0.25, 0.3) is 0 Å². The van der Waals surface area contributed by atoms with E-state index in [9.17, 15) is 0 Å². The van der Waals surface area contributed by atoms with E-state index in [0.717, 1.165) is 76.1 Å². The van der Waals surface area contributed by atoms with Crippen LogP contribution in [-0.4, -0.2) is 56.4 Å². The first-order chi connectivity index (χ1) is 12.7. The van der Waals surface area contributed by atoms with Gasteiger partial charge in [-0.05, 0) is 42.2 Å². The lowest BCUT2D eigenvalue weighted by Crippen LogP contribution is -2.48. The fourth-order valence-electron chi connectivity index (χ4n) is 3.61. The number of hydrogen-bond donors (Lipinski definition) is 2. The molecule has 0 unspecified atom stereocenters. The van der Waals surface area contributed by atoms with Crippen LogP contribution in [0, 0.1) is 0 Å². The largest absolute Gasteiger partial charge is 0.493 e. The first kappa shape index (κ1) is 22.6. The lowest BCUT2D eigenvalue weighted by molar-refractivity contribution is 0.0782. The van der Waals surface area contributed by atoms with Crippen molar-refractivity contribution in [2.45, 2.75) is 37.4 Å². The molecular formula is C20H32IN3O2S. The van der Waals surface area contributed by atoms with Crippen molar-refractivity contribution >= 4 is 41.7 Å². The second-order valence-electron chi connectivity index (χ2n) is 6.87. The van der Waals surface area contributed by atoms with Gasteiger partial charge in [0.15, 0.2) is 5.96 Å². The smallest absolute Gasteiger partial charge is 0.191 e. The molecule has 2 aliphatic rings. The molecule has 1 saturated heterocycles. The Labute approximate surface area is 184 Å². The van der Waals surface area contributed by atoms with Crippen molar-refractivity contribution < 1.29 is 9.47 Å². The first-order valence-corrected chi connectivity index (χ1v) is 10.6. The number of nitrogens with zero attached hydrogens (tertiary/aromatic N) is 1. The number of halogens is 1. The highest BCUT2D eigenvalue weighted by Gasteiger charge is 2.32. The number of ether oxygens (including phenoxy) is 2. The summed E-state index contributed by atoms with van der Waals surface area (Å²) in [5, 5.41) is 6.99. The summed E-state index contributed by atoms with van der Waals surface area (Å²) in [6, 6.07) is 6.54. The molecule has 5 nitrogen and oxygen atoms in total. The summed E-state index contributed by atoms with van der Waals surface area (Å²) in [7, 11) is 1.84. The van der Waals surface area contributed by atoms with Crippen LogP contribution >= 0.6 is 35.7 Å². The number of fused-ring (bicyclic) bond motifs is 1. The third kappa shape index (κ3) is 6.42. The van der Waals surface area contributed by atoms with Gasteiger partial charge in [-0.25, -0.2) is 0 Å². The Bertz CT molecular complexity index is 616. The number of benzene rings is 1. The number of hydrogen-bond acceptors (Lipinski definition) is 4. The summed E-state index contributed by atoms with van der Waals surface area (Å²) in [4.78, 5) is 4.39. The maximum atomic E-state index is 5.58. The summed E-state index contributed by atoms with van der Waals surface area (Å²) in [5.41, 5.74) is 2.68. The van der Waals surface area contributed by atoms with E-state index in [0.29, 0.717) is 0 Å². The zero-order chi connectivity index (χ0) is 18.2. The SMILES string of the molecule is CCSC1(CNC(=NC)NCCc2ccc3c(c2)CCO3)CCOCC1.I. The molecule has 0 radical (unpaired) electrons. The Morgan fingerprint density at radius 3 is 2.78 bits per heavy atom. The molecule has 0 spiro atoms. The van der Waals surface area contributed by atoms with Crippen molar-refractivity contribution in [3.05, 3.63) is 29.3 Å². The topological polar surface area (TPSA) is 54.9 Å². The number of guanidine groups is 1. The number of aliphatic imine (C=N–C) groups is 1. The van der Waals surface area contributed by atoms with Gasteiger partial charge in [0.1, 0.15) is 5.75 Å². The Morgan fingerprint density at radius 2 is 2.04 bits per heavy atom. The maximum Gasteiger partial charge on any atom is 0.191 e. The van der Waals surface area contributed by atoms with Gasteiger partial charge >= 0.3 is 0 Å². The van der Waals surface area contributed by atoms with Crippen molar-refractivity contribution in [3.8, 4) is 5.75 Å². The van der Waals surface area contributed by atoms with E-state index in [1.165, 1.54) is 11.1 Å². The van der Waals surface area contributed by atoms with Gasteiger partial charge in [-0.3, -0.25) is 4.99 Å². The number of thioether (sulfide) groups is 1. The van der Waals surface area contributed by atoms with E-state index in [2.05, 4.69) is 40.7 Å². The minimum absolute atomic E-state index is 0. The van der Waals surface area contributed by atoms with Crippen LogP contribution in [0.4, 0.5) is 0 Å². The van der Waals surface area contributed by atoms with E-state index < -0.39 is 0 Å². The Kier molecular flexibility index (Phi) is 9.52. The van der Waals surface area contributed by atoms with Gasteiger partial charge in [-0.2, -0.15) is 11.8 Å². The average molecular weight is 505 g/mol. The minimum atomic E-state index is 0. The monoisotopic (exact) mass is 505 g/mol. The molecule has 1 aromatic carbocycles. The molecule has 0 atom stereocenters. The summed E-state index contributed by atoms with van der Waals surface area (Å²) < 4.78 is 11.4. The van der Waals surface area contributed by atoms with E-state index in [4.69, 9.17) is 9.47 Å². The summed E-state index contributed by atoms with van der Waals surface area (Å²) in [6.07, 6.45) is 4.22. The van der Waals surface area contributed by atoms with Crippen LogP contribution < -0.4 is 15.4 Å². The van der Waals surface area contributed by atoms with Gasteiger partial charge in [0.2, 0.25) is 0 Å². The highest BCUT2D eigenvalue weighted by molar-refractivity contribution is 14.0. The van der Waals surface area contributed by atoms with Crippen molar-refractivity contribution in [2.24, 2.45) is 4.99 Å². The molecule has 0 aromatic heterocycles. The first-order valence-electron chi connectivity index (χ1n) is 9.65. The zero-order valence-electron chi connectivity index (χ0n) is 16.4. The minimum Gasteiger partial charge on any atom is -0.493 e. The lowest BCUT2D eigenvalue weighted by Gasteiger charge is -2.37. The van der Waals surface area contributed by atoms with Crippen LogP contribution in [-0.2, 0) is 17.6 Å². The van der Waals surface area contributed by atoms with Gasteiger partial charge in [-0.15, -0.1) is 24.0 Å². The van der Waals surface area contributed by atoms with Crippen LogP contribution in [0.1, 0.15) is 30.9 Å². The molecule has 1 aromatic rings. The van der Waals surface area contributed by atoms with E-state index in [-0.39, 0.29) is 28.7 Å². The fraction of sp³-hybridized carbons (Fsp3) is 0.650. The van der Waals surface area contributed by atoms with Crippen molar-refractivity contribution in [2.75, 3.05) is 45.7 Å². The Balaban J connectivity index is 0.00000261. The standard InChI is InChI=1S/C20H31N3O2S.HI/c1-3-26-20(8-12-24-13-9-20)15-23-19(21-2)22-10-6-16-4-5-18-17(14-16)7-11-25-18;/h4-5,14H,3,6-13,15H2,1-2H3,(H2,21,22,23);1H. The normalized spacial score (nSPS) is 18.2. The average Bonchev–Trinajstić information content (AvgIpc) is 3.13. The predicted octanol–water partition coefficient (Wildman–Crippen LogP) is 3.25. The summed E-state index contributed by atoms with van der Waals surface area (Å²) in [6.45, 7) is 6.58. The van der Waals surface area contributed by atoms with Gasteiger partial charge in [0, 0.05) is 44.5 Å². The molecule has 3 rings (SSSR count). The summed E-state index contributed by atoms with van der Waals surface area (Å²) >= 11 is 2.05. The van der Waals surface area contributed by atoms with E-state index >= 15 is 0 Å². The molecule has 0 amide bonds. The second kappa shape index (κ2) is 11.4. The molecule has 7 heteroatoms. The van der Waals surface area contributed by atoms with Crippen molar-refractivity contribution in [1.82, 2.24) is 10.6 Å².